The lowest BCUT2D eigenvalue weighted by Gasteiger charge is -2.13. The molecule has 3 nitrogen and oxygen atoms in total. The maximum Gasteiger partial charge on any atom is 0.226 e. The van der Waals surface area contributed by atoms with Crippen LogP contribution >= 0.6 is 0 Å². The fraction of sp³-hybridized carbons (Fsp3) is 0.444. The quantitative estimate of drug-likeness (QED) is 0.935. The predicted molar refractivity (Wildman–Crippen MR) is 82.8 cm³/mol. The van der Waals surface area contributed by atoms with Crippen LogP contribution in [0.2, 0.25) is 0 Å². The van der Waals surface area contributed by atoms with Crippen LogP contribution in [0.5, 0.6) is 0 Å². The van der Waals surface area contributed by atoms with Crippen molar-refractivity contribution in [1.29, 1.82) is 0 Å². The molecule has 0 unspecified atom stereocenters. The number of aromatic nitrogens is 1. The van der Waals surface area contributed by atoms with Gasteiger partial charge in [-0.05, 0) is 43.2 Å². The highest BCUT2D eigenvalue weighted by Gasteiger charge is 2.61. The van der Waals surface area contributed by atoms with E-state index in [1.165, 1.54) is 18.4 Å². The molecule has 4 rings (SSSR count). The molecule has 0 aliphatic heterocycles. The van der Waals surface area contributed by atoms with E-state index in [2.05, 4.69) is 34.6 Å². The monoisotopic (exact) mass is 280 g/mol. The van der Waals surface area contributed by atoms with E-state index >= 15 is 0 Å². The minimum atomic E-state index is 0.0248. The lowest BCUT2D eigenvalue weighted by molar-refractivity contribution is -0.126. The van der Waals surface area contributed by atoms with Crippen molar-refractivity contribution >= 4 is 16.8 Å². The Morgan fingerprint density at radius 3 is 3.05 bits per heavy atom. The molecule has 2 aliphatic carbocycles. The van der Waals surface area contributed by atoms with E-state index in [1.54, 1.807) is 0 Å². The van der Waals surface area contributed by atoms with Crippen LogP contribution in [0.15, 0.2) is 36.5 Å². The zero-order valence-electron chi connectivity index (χ0n) is 12.1. The second kappa shape index (κ2) is 4.83. The van der Waals surface area contributed by atoms with Crippen LogP contribution in [0.4, 0.5) is 0 Å². The molecular formula is C18H20N2O. The van der Waals surface area contributed by atoms with Gasteiger partial charge in [-0.15, -0.1) is 0 Å². The minimum absolute atomic E-state index is 0.0248. The number of pyridine rings is 1. The lowest BCUT2D eigenvalue weighted by Crippen LogP contribution is -2.33. The number of benzene rings is 1. The number of fused-ring (bicyclic) bond motifs is 2. The summed E-state index contributed by atoms with van der Waals surface area (Å²) >= 11 is 0. The molecular weight excluding hydrogens is 260 g/mol. The van der Waals surface area contributed by atoms with E-state index in [1.807, 2.05) is 12.3 Å². The Labute approximate surface area is 124 Å². The number of carbonyl (C=O) groups excluding carboxylic acids is 1. The molecule has 2 saturated carbocycles. The van der Waals surface area contributed by atoms with E-state index in [0.29, 0.717) is 12.5 Å². The van der Waals surface area contributed by atoms with E-state index in [-0.39, 0.29) is 11.3 Å². The van der Waals surface area contributed by atoms with Gasteiger partial charge in [-0.3, -0.25) is 9.78 Å². The Balaban J connectivity index is 1.41. The van der Waals surface area contributed by atoms with E-state index < -0.39 is 0 Å². The van der Waals surface area contributed by atoms with Crippen molar-refractivity contribution in [2.45, 2.75) is 32.1 Å². The third kappa shape index (κ3) is 2.11. The van der Waals surface area contributed by atoms with Gasteiger partial charge in [0.1, 0.15) is 0 Å². The summed E-state index contributed by atoms with van der Waals surface area (Å²) in [5.74, 6) is 0.968. The second-order valence-corrected chi connectivity index (χ2v) is 6.45. The summed E-state index contributed by atoms with van der Waals surface area (Å²) in [6, 6.07) is 10.3. The number of hydrogen-bond donors (Lipinski definition) is 1. The SMILES string of the molecule is O=C(NCCc1cccc2cccnc12)[C@@]12CCC[C@H]1C2. The summed E-state index contributed by atoms with van der Waals surface area (Å²) in [6.45, 7) is 0.711. The van der Waals surface area contributed by atoms with Crippen LogP contribution in [-0.2, 0) is 11.2 Å². The molecule has 2 aromatic rings. The standard InChI is InChI=1S/C18H20N2O/c21-17(18-9-2-7-15(18)12-18)20-11-8-14-5-1-4-13-6-3-10-19-16(13)14/h1,3-6,10,15H,2,7-9,11-12H2,(H,20,21)/t15-,18+/m0/s1. The molecule has 1 aromatic carbocycles. The van der Waals surface area contributed by atoms with E-state index in [0.717, 1.165) is 30.2 Å². The third-order valence-electron chi connectivity index (χ3n) is 5.26. The van der Waals surface area contributed by atoms with Gasteiger partial charge in [-0.1, -0.05) is 30.7 Å². The smallest absolute Gasteiger partial charge is 0.226 e. The predicted octanol–water partition coefficient (Wildman–Crippen LogP) is 3.08. The maximum atomic E-state index is 12.3. The molecule has 0 bridgehead atoms. The number of nitrogens with zero attached hydrogens (tertiary/aromatic N) is 1. The molecule has 1 aromatic heterocycles. The van der Waals surface area contributed by atoms with Crippen molar-refractivity contribution in [3.8, 4) is 0 Å². The number of hydrogen-bond acceptors (Lipinski definition) is 2. The zero-order chi connectivity index (χ0) is 14.3. The summed E-state index contributed by atoms with van der Waals surface area (Å²) in [5.41, 5.74) is 2.29. The van der Waals surface area contributed by atoms with Gasteiger partial charge in [0.05, 0.1) is 10.9 Å². The Hall–Kier alpha value is -1.90. The fourth-order valence-electron chi connectivity index (χ4n) is 3.98. The van der Waals surface area contributed by atoms with Crippen LogP contribution < -0.4 is 5.32 Å². The van der Waals surface area contributed by atoms with Gasteiger partial charge < -0.3 is 5.32 Å². The maximum absolute atomic E-state index is 12.3. The molecule has 1 heterocycles. The average Bonchev–Trinajstić information content (AvgIpc) is 3.09. The highest BCUT2D eigenvalue weighted by molar-refractivity contribution is 5.86. The molecule has 21 heavy (non-hydrogen) atoms. The summed E-state index contributed by atoms with van der Waals surface area (Å²) in [5, 5.41) is 4.32. The van der Waals surface area contributed by atoms with Gasteiger partial charge in [0, 0.05) is 18.1 Å². The van der Waals surface area contributed by atoms with Gasteiger partial charge in [0.25, 0.3) is 0 Å². The normalized spacial score (nSPS) is 26.6. The van der Waals surface area contributed by atoms with E-state index in [4.69, 9.17) is 0 Å². The first kappa shape index (κ1) is 12.8. The Kier molecular flexibility index (Phi) is 2.95. The molecule has 108 valence electrons. The molecule has 0 spiro atoms. The van der Waals surface area contributed by atoms with Gasteiger partial charge in [0.2, 0.25) is 5.91 Å². The zero-order valence-corrected chi connectivity index (χ0v) is 12.1. The average molecular weight is 280 g/mol. The molecule has 2 atom stereocenters. The van der Waals surface area contributed by atoms with Crippen molar-refractivity contribution in [3.63, 3.8) is 0 Å². The number of carbonyl (C=O) groups is 1. The van der Waals surface area contributed by atoms with Gasteiger partial charge in [-0.25, -0.2) is 0 Å². The van der Waals surface area contributed by atoms with Crippen molar-refractivity contribution in [1.82, 2.24) is 10.3 Å². The minimum Gasteiger partial charge on any atom is -0.355 e. The molecule has 1 amide bonds. The summed E-state index contributed by atoms with van der Waals surface area (Å²) < 4.78 is 0. The van der Waals surface area contributed by atoms with Crippen molar-refractivity contribution < 1.29 is 4.79 Å². The second-order valence-electron chi connectivity index (χ2n) is 6.45. The van der Waals surface area contributed by atoms with E-state index in [9.17, 15) is 4.79 Å². The Morgan fingerprint density at radius 1 is 1.33 bits per heavy atom. The largest absolute Gasteiger partial charge is 0.355 e. The fourth-order valence-corrected chi connectivity index (χ4v) is 3.98. The van der Waals surface area contributed by atoms with Crippen LogP contribution in [0, 0.1) is 11.3 Å². The van der Waals surface area contributed by atoms with Gasteiger partial charge >= 0.3 is 0 Å². The van der Waals surface area contributed by atoms with Crippen LogP contribution in [-0.4, -0.2) is 17.4 Å². The highest BCUT2D eigenvalue weighted by atomic mass is 16.2. The highest BCUT2D eigenvalue weighted by Crippen LogP contribution is 2.63. The van der Waals surface area contributed by atoms with Crippen LogP contribution in [0.1, 0.15) is 31.2 Å². The Bertz CT molecular complexity index is 691. The van der Waals surface area contributed by atoms with Gasteiger partial charge in [-0.2, -0.15) is 0 Å². The lowest BCUT2D eigenvalue weighted by atomic mass is 10.0. The molecule has 0 saturated heterocycles. The number of para-hydroxylation sites is 1. The van der Waals surface area contributed by atoms with Gasteiger partial charge in [0.15, 0.2) is 0 Å². The van der Waals surface area contributed by atoms with Crippen molar-refractivity contribution in [2.75, 3.05) is 6.54 Å². The molecule has 3 heteroatoms. The number of amides is 1. The van der Waals surface area contributed by atoms with Crippen LogP contribution in [0.25, 0.3) is 10.9 Å². The summed E-state index contributed by atoms with van der Waals surface area (Å²) in [7, 11) is 0. The van der Waals surface area contributed by atoms with Crippen molar-refractivity contribution in [3.05, 3.63) is 42.1 Å². The molecule has 2 fully saturated rings. The van der Waals surface area contributed by atoms with Crippen molar-refractivity contribution in [2.24, 2.45) is 11.3 Å². The topological polar surface area (TPSA) is 42.0 Å². The number of rotatable bonds is 4. The number of nitrogens with one attached hydrogen (secondary N) is 1. The third-order valence-corrected chi connectivity index (χ3v) is 5.26. The Morgan fingerprint density at radius 2 is 2.24 bits per heavy atom. The molecule has 2 aliphatic rings. The summed E-state index contributed by atoms with van der Waals surface area (Å²) in [4.78, 5) is 16.8. The molecule has 0 radical (unpaired) electrons. The summed E-state index contributed by atoms with van der Waals surface area (Å²) in [6.07, 6.45) is 7.37. The first-order valence-electron chi connectivity index (χ1n) is 7.90. The molecule has 1 N–H and O–H groups in total. The first-order chi connectivity index (χ1) is 10.3. The van der Waals surface area contributed by atoms with Crippen LogP contribution in [0.3, 0.4) is 0 Å². The first-order valence-corrected chi connectivity index (χ1v) is 7.90.